The average molecular weight is 448 g/mol. The molecule has 0 aliphatic carbocycles. The summed E-state index contributed by atoms with van der Waals surface area (Å²) in [6.07, 6.45) is 2.06. The van der Waals surface area contributed by atoms with Crippen molar-refractivity contribution in [2.75, 3.05) is 26.2 Å². The number of benzene rings is 3. The Bertz CT molecular complexity index is 1210. The van der Waals surface area contributed by atoms with Gasteiger partial charge in [0, 0.05) is 30.8 Å². The van der Waals surface area contributed by atoms with Crippen LogP contribution in [0.1, 0.15) is 12.8 Å². The van der Waals surface area contributed by atoms with E-state index in [0.29, 0.717) is 41.1 Å². The zero-order valence-electron chi connectivity index (χ0n) is 18.2. The third-order valence-electron chi connectivity index (χ3n) is 5.71. The van der Waals surface area contributed by atoms with Crippen LogP contribution in [0.4, 0.5) is 4.39 Å². The standard InChI is InChI=1S/C26H26FN3O3/c27-19-4-8-22(9-5-19)32-23-10-11-25-24(16-23)29-26(33-25)18-2-6-21(7-3-18)31-15-1-13-30-14-12-20(28)17-30/h2-11,16,20H,1,12-15,17,28H2/t20-/m1/s1. The van der Waals surface area contributed by atoms with Crippen LogP contribution >= 0.6 is 0 Å². The maximum Gasteiger partial charge on any atom is 0.227 e. The minimum atomic E-state index is -0.303. The molecule has 0 saturated carbocycles. The van der Waals surface area contributed by atoms with Gasteiger partial charge < -0.3 is 24.5 Å². The first-order chi connectivity index (χ1) is 16.1. The van der Waals surface area contributed by atoms with Crippen molar-refractivity contribution >= 4 is 11.1 Å². The Morgan fingerprint density at radius 2 is 1.76 bits per heavy atom. The molecule has 1 saturated heterocycles. The van der Waals surface area contributed by atoms with E-state index >= 15 is 0 Å². The molecule has 1 aromatic heterocycles. The highest BCUT2D eigenvalue weighted by molar-refractivity contribution is 5.78. The van der Waals surface area contributed by atoms with E-state index in [1.54, 1.807) is 24.3 Å². The highest BCUT2D eigenvalue weighted by atomic mass is 19.1. The SMILES string of the molecule is N[C@@H]1CCN(CCCOc2ccc(-c3nc4cc(Oc5ccc(F)cc5)ccc4o3)cc2)C1. The van der Waals surface area contributed by atoms with E-state index in [0.717, 1.165) is 43.8 Å². The Kier molecular flexibility index (Phi) is 6.24. The number of aromatic nitrogens is 1. The van der Waals surface area contributed by atoms with Gasteiger partial charge in [0.05, 0.1) is 6.61 Å². The van der Waals surface area contributed by atoms with Crippen molar-refractivity contribution < 1.29 is 18.3 Å². The number of fused-ring (bicyclic) bond motifs is 1. The molecule has 1 aliphatic heterocycles. The summed E-state index contributed by atoms with van der Waals surface area (Å²) >= 11 is 0. The average Bonchev–Trinajstić information content (AvgIpc) is 3.44. The van der Waals surface area contributed by atoms with Crippen LogP contribution in [0.3, 0.4) is 0 Å². The summed E-state index contributed by atoms with van der Waals surface area (Å²) in [4.78, 5) is 6.98. The lowest BCUT2D eigenvalue weighted by Crippen LogP contribution is -2.28. The molecule has 0 spiro atoms. The highest BCUT2D eigenvalue weighted by Crippen LogP contribution is 2.30. The lowest BCUT2D eigenvalue weighted by Gasteiger charge is -2.15. The monoisotopic (exact) mass is 447 g/mol. The molecule has 2 heterocycles. The molecule has 170 valence electrons. The molecule has 0 amide bonds. The van der Waals surface area contributed by atoms with Crippen LogP contribution in [0, 0.1) is 5.82 Å². The summed E-state index contributed by atoms with van der Waals surface area (Å²) in [7, 11) is 0. The lowest BCUT2D eigenvalue weighted by atomic mass is 10.2. The van der Waals surface area contributed by atoms with Crippen LogP contribution in [-0.2, 0) is 0 Å². The predicted octanol–water partition coefficient (Wildman–Crippen LogP) is 5.23. The molecule has 3 aromatic carbocycles. The molecule has 1 atom stereocenters. The first-order valence-electron chi connectivity index (χ1n) is 11.2. The van der Waals surface area contributed by atoms with E-state index in [4.69, 9.17) is 19.6 Å². The fraction of sp³-hybridized carbons (Fsp3) is 0.269. The Morgan fingerprint density at radius 1 is 1.00 bits per heavy atom. The zero-order valence-corrected chi connectivity index (χ0v) is 18.2. The number of oxazole rings is 1. The van der Waals surface area contributed by atoms with Crippen molar-refractivity contribution in [2.45, 2.75) is 18.9 Å². The van der Waals surface area contributed by atoms with Gasteiger partial charge in [0.25, 0.3) is 0 Å². The molecule has 6 nitrogen and oxygen atoms in total. The van der Waals surface area contributed by atoms with Gasteiger partial charge >= 0.3 is 0 Å². The Hall–Kier alpha value is -3.42. The zero-order chi connectivity index (χ0) is 22.6. The molecule has 2 N–H and O–H groups in total. The molecular weight excluding hydrogens is 421 g/mol. The van der Waals surface area contributed by atoms with Gasteiger partial charge in [-0.3, -0.25) is 0 Å². The van der Waals surface area contributed by atoms with Gasteiger partial charge in [-0.05, 0) is 80.1 Å². The summed E-state index contributed by atoms with van der Waals surface area (Å²) in [5.74, 6) is 2.21. The second-order valence-electron chi connectivity index (χ2n) is 8.28. The van der Waals surface area contributed by atoms with Crippen LogP contribution in [0.25, 0.3) is 22.6 Å². The third kappa shape index (κ3) is 5.32. The predicted molar refractivity (Wildman–Crippen MR) is 125 cm³/mol. The Morgan fingerprint density at radius 3 is 2.52 bits per heavy atom. The van der Waals surface area contributed by atoms with E-state index in [1.807, 2.05) is 30.3 Å². The smallest absolute Gasteiger partial charge is 0.227 e. The van der Waals surface area contributed by atoms with Crippen molar-refractivity contribution in [2.24, 2.45) is 5.73 Å². The number of ether oxygens (including phenoxy) is 2. The maximum atomic E-state index is 13.1. The van der Waals surface area contributed by atoms with Gasteiger partial charge in [-0.15, -0.1) is 0 Å². The van der Waals surface area contributed by atoms with Crippen LogP contribution in [-0.4, -0.2) is 42.2 Å². The Balaban J connectivity index is 1.19. The number of nitrogens with zero attached hydrogens (tertiary/aromatic N) is 2. The van der Waals surface area contributed by atoms with Crippen molar-refractivity contribution in [3.05, 3.63) is 72.5 Å². The maximum absolute atomic E-state index is 13.1. The third-order valence-corrected chi connectivity index (χ3v) is 5.71. The van der Waals surface area contributed by atoms with Gasteiger partial charge in [-0.2, -0.15) is 0 Å². The summed E-state index contributed by atoms with van der Waals surface area (Å²) in [6.45, 7) is 3.76. The topological polar surface area (TPSA) is 73.8 Å². The van der Waals surface area contributed by atoms with Gasteiger partial charge in [-0.1, -0.05) is 0 Å². The second kappa shape index (κ2) is 9.60. The minimum absolute atomic E-state index is 0.303. The fourth-order valence-corrected chi connectivity index (χ4v) is 3.97. The number of hydrogen-bond donors (Lipinski definition) is 1. The molecule has 33 heavy (non-hydrogen) atoms. The molecule has 1 fully saturated rings. The van der Waals surface area contributed by atoms with Gasteiger partial charge in [0.2, 0.25) is 5.89 Å². The van der Waals surface area contributed by atoms with Crippen molar-refractivity contribution in [1.29, 1.82) is 0 Å². The molecule has 0 radical (unpaired) electrons. The molecule has 7 heteroatoms. The first-order valence-corrected chi connectivity index (χ1v) is 11.2. The number of likely N-dealkylation sites (tertiary alicyclic amines) is 1. The van der Waals surface area contributed by atoms with E-state index in [2.05, 4.69) is 9.88 Å². The second-order valence-corrected chi connectivity index (χ2v) is 8.28. The molecular formula is C26H26FN3O3. The number of nitrogens with two attached hydrogens (primary N) is 1. The van der Waals surface area contributed by atoms with E-state index in [-0.39, 0.29) is 5.82 Å². The highest BCUT2D eigenvalue weighted by Gasteiger charge is 2.18. The lowest BCUT2D eigenvalue weighted by molar-refractivity contribution is 0.262. The van der Waals surface area contributed by atoms with E-state index in [1.165, 1.54) is 12.1 Å². The molecule has 1 aliphatic rings. The van der Waals surface area contributed by atoms with Crippen molar-refractivity contribution in [1.82, 2.24) is 9.88 Å². The van der Waals surface area contributed by atoms with Gasteiger partial charge in [-0.25, -0.2) is 9.37 Å². The summed E-state index contributed by atoms with van der Waals surface area (Å²) < 4.78 is 30.6. The van der Waals surface area contributed by atoms with Crippen LogP contribution in [0.15, 0.2) is 71.1 Å². The van der Waals surface area contributed by atoms with Crippen LogP contribution in [0.5, 0.6) is 17.2 Å². The summed E-state index contributed by atoms with van der Waals surface area (Å²) in [6, 6.07) is 19.4. The van der Waals surface area contributed by atoms with Crippen molar-refractivity contribution in [3.8, 4) is 28.7 Å². The van der Waals surface area contributed by atoms with Crippen molar-refractivity contribution in [3.63, 3.8) is 0 Å². The van der Waals surface area contributed by atoms with E-state index < -0.39 is 0 Å². The summed E-state index contributed by atoms with van der Waals surface area (Å²) in [5, 5.41) is 0. The van der Waals surface area contributed by atoms with E-state index in [9.17, 15) is 4.39 Å². The number of rotatable bonds is 8. The van der Waals surface area contributed by atoms with Crippen LogP contribution < -0.4 is 15.2 Å². The largest absolute Gasteiger partial charge is 0.494 e. The van der Waals surface area contributed by atoms with Crippen LogP contribution in [0.2, 0.25) is 0 Å². The number of hydrogen-bond acceptors (Lipinski definition) is 6. The fourth-order valence-electron chi connectivity index (χ4n) is 3.97. The van der Waals surface area contributed by atoms with Gasteiger partial charge in [0.1, 0.15) is 28.6 Å². The normalized spacial score (nSPS) is 16.4. The molecule has 0 unspecified atom stereocenters. The first kappa shape index (κ1) is 21.4. The minimum Gasteiger partial charge on any atom is -0.494 e. The summed E-state index contributed by atoms with van der Waals surface area (Å²) in [5.41, 5.74) is 8.17. The van der Waals surface area contributed by atoms with Gasteiger partial charge in [0.15, 0.2) is 5.58 Å². The molecule has 0 bridgehead atoms. The quantitative estimate of drug-likeness (QED) is 0.373. The molecule has 5 rings (SSSR count). The number of halogens is 1. The molecule has 4 aromatic rings. The Labute approximate surface area is 191 Å².